The highest BCUT2D eigenvalue weighted by Crippen LogP contribution is 2.19. The number of halogens is 1. The summed E-state index contributed by atoms with van der Waals surface area (Å²) in [5.41, 5.74) is -0.495. The molecule has 0 radical (unpaired) electrons. The lowest BCUT2D eigenvalue weighted by Crippen LogP contribution is -2.14. The first-order chi connectivity index (χ1) is 8.97. The average molecular weight is 284 g/mol. The van der Waals surface area contributed by atoms with Crippen molar-refractivity contribution >= 4 is 29.1 Å². The van der Waals surface area contributed by atoms with E-state index in [1.54, 1.807) is 0 Å². The van der Waals surface area contributed by atoms with Gasteiger partial charge >= 0.3 is 0 Å². The molecule has 0 unspecified atom stereocenters. The number of nitro groups is 1. The number of anilines is 1. The zero-order valence-corrected chi connectivity index (χ0v) is 10.2. The largest absolute Gasteiger partial charge is 0.288 e. The molecule has 2 aromatic rings. The Balaban J connectivity index is 2.27. The Bertz CT molecular complexity index is 656. The van der Waals surface area contributed by atoms with Crippen molar-refractivity contribution in [3.8, 4) is 0 Å². The van der Waals surface area contributed by atoms with E-state index in [1.165, 1.54) is 7.05 Å². The maximum absolute atomic E-state index is 11.8. The predicted octanol–water partition coefficient (Wildman–Crippen LogP) is 0.419. The number of carbonyl (C=O) groups excluding carboxylic acids is 1. The number of amides is 1. The molecule has 0 aliphatic rings. The molecule has 98 valence electrons. The Hall–Kier alpha value is -2.62. The third kappa shape index (κ3) is 2.80. The van der Waals surface area contributed by atoms with Gasteiger partial charge in [-0.3, -0.25) is 20.2 Å². The van der Waals surface area contributed by atoms with Gasteiger partial charge in [-0.05, 0) is 5.21 Å². The Morgan fingerprint density at radius 1 is 1.58 bits per heavy atom. The number of rotatable bonds is 3. The van der Waals surface area contributed by atoms with Crippen LogP contribution < -0.4 is 5.32 Å². The third-order valence-corrected chi connectivity index (χ3v) is 2.31. The van der Waals surface area contributed by atoms with Crippen LogP contribution in [0.5, 0.6) is 0 Å². The molecular weight excluding hydrogens is 278 g/mol. The summed E-state index contributed by atoms with van der Waals surface area (Å²) in [6.07, 6.45) is 0.958. The summed E-state index contributed by atoms with van der Waals surface area (Å²) in [5, 5.41) is 23.5. The minimum absolute atomic E-state index is 0.0462. The number of carbonyl (C=O) groups is 1. The highest BCUT2D eigenvalue weighted by Gasteiger charge is 2.18. The molecule has 2 aromatic heterocycles. The molecule has 0 saturated heterocycles. The molecule has 0 aliphatic heterocycles. The fraction of sp³-hybridized carbons (Fsp3) is 0.125. The van der Waals surface area contributed by atoms with Gasteiger partial charge in [-0.15, -0.1) is 5.10 Å². The number of hydrogen-bond acceptors (Lipinski definition) is 7. The normalized spacial score (nSPS) is 10.2. The van der Waals surface area contributed by atoms with Crippen molar-refractivity contribution in [2.75, 3.05) is 5.32 Å². The summed E-state index contributed by atoms with van der Waals surface area (Å²) in [7, 11) is 1.52. The molecule has 10 nitrogen and oxygen atoms in total. The molecule has 0 spiro atoms. The monoisotopic (exact) mass is 283 g/mol. The lowest BCUT2D eigenvalue weighted by atomic mass is 10.2. The molecule has 0 fully saturated rings. The predicted molar refractivity (Wildman–Crippen MR) is 62.7 cm³/mol. The van der Waals surface area contributed by atoms with Gasteiger partial charge in [0, 0.05) is 6.07 Å². The maximum Gasteiger partial charge on any atom is 0.288 e. The molecule has 11 heteroatoms. The Morgan fingerprint density at radius 2 is 2.32 bits per heavy atom. The van der Waals surface area contributed by atoms with Crippen LogP contribution in [0.25, 0.3) is 0 Å². The summed E-state index contributed by atoms with van der Waals surface area (Å²) >= 11 is 5.71. The molecule has 2 rings (SSSR count). The minimum atomic E-state index is -0.714. The molecule has 2 heterocycles. The van der Waals surface area contributed by atoms with E-state index in [4.69, 9.17) is 11.6 Å². The van der Waals surface area contributed by atoms with E-state index in [0.717, 1.165) is 17.1 Å². The number of nitrogens with one attached hydrogen (secondary N) is 1. The molecule has 0 bridgehead atoms. The van der Waals surface area contributed by atoms with Crippen LogP contribution >= 0.6 is 11.6 Å². The van der Waals surface area contributed by atoms with Crippen LogP contribution in [0.2, 0.25) is 5.15 Å². The standard InChI is InChI=1S/C8H6ClN7O3/c1-15-13-8(12-14-15)11-7(17)5-2-4(16(18)19)3-10-6(5)9/h2-3H,1H3,(H,11,13,17). The topological polar surface area (TPSA) is 129 Å². The van der Waals surface area contributed by atoms with Gasteiger partial charge in [-0.1, -0.05) is 16.7 Å². The van der Waals surface area contributed by atoms with Gasteiger partial charge in [-0.25, -0.2) is 4.98 Å². The first kappa shape index (κ1) is 12.8. The zero-order chi connectivity index (χ0) is 14.0. The summed E-state index contributed by atoms with van der Waals surface area (Å²) in [4.78, 5) is 26.5. The lowest BCUT2D eigenvalue weighted by Gasteiger charge is -2.02. The summed E-state index contributed by atoms with van der Waals surface area (Å²) in [6.45, 7) is 0. The fourth-order valence-electron chi connectivity index (χ4n) is 1.20. The van der Waals surface area contributed by atoms with E-state index in [-0.39, 0.29) is 22.4 Å². The highest BCUT2D eigenvalue weighted by atomic mass is 35.5. The van der Waals surface area contributed by atoms with Gasteiger partial charge in [0.1, 0.15) is 11.3 Å². The van der Waals surface area contributed by atoms with Gasteiger partial charge in [0.15, 0.2) is 0 Å². The number of pyridine rings is 1. The quantitative estimate of drug-likeness (QED) is 0.491. The SMILES string of the molecule is Cn1nnc(NC(=O)c2cc([N+](=O)[O-])cnc2Cl)n1. The highest BCUT2D eigenvalue weighted by molar-refractivity contribution is 6.33. The Morgan fingerprint density at radius 3 is 2.89 bits per heavy atom. The first-order valence-corrected chi connectivity index (χ1v) is 5.20. The van der Waals surface area contributed by atoms with E-state index < -0.39 is 10.8 Å². The minimum Gasteiger partial charge on any atom is -0.288 e. The molecule has 0 atom stereocenters. The second kappa shape index (κ2) is 4.94. The van der Waals surface area contributed by atoms with Gasteiger partial charge in [0.25, 0.3) is 17.5 Å². The summed E-state index contributed by atoms with van der Waals surface area (Å²) in [5.74, 6) is -0.760. The van der Waals surface area contributed by atoms with Crippen molar-refractivity contribution in [2.45, 2.75) is 0 Å². The van der Waals surface area contributed by atoms with Crippen LogP contribution in [0.4, 0.5) is 11.6 Å². The maximum atomic E-state index is 11.8. The third-order valence-electron chi connectivity index (χ3n) is 2.01. The molecule has 0 aromatic carbocycles. The van der Waals surface area contributed by atoms with Gasteiger partial charge in [0.05, 0.1) is 17.5 Å². The second-order valence-electron chi connectivity index (χ2n) is 3.35. The number of hydrogen-bond donors (Lipinski definition) is 1. The Labute approximate surface area is 110 Å². The van der Waals surface area contributed by atoms with Crippen LogP contribution in [-0.4, -0.2) is 36.0 Å². The summed E-state index contributed by atoms with van der Waals surface area (Å²) < 4.78 is 0. The lowest BCUT2D eigenvalue weighted by molar-refractivity contribution is -0.385. The van der Waals surface area contributed by atoms with E-state index in [2.05, 4.69) is 25.7 Å². The zero-order valence-electron chi connectivity index (χ0n) is 9.44. The number of tetrazole rings is 1. The van der Waals surface area contributed by atoms with Crippen molar-refractivity contribution < 1.29 is 9.72 Å². The molecule has 19 heavy (non-hydrogen) atoms. The Kier molecular flexibility index (Phi) is 3.33. The molecular formula is C8H6ClN7O3. The van der Waals surface area contributed by atoms with E-state index >= 15 is 0 Å². The van der Waals surface area contributed by atoms with Crippen molar-refractivity contribution in [3.05, 3.63) is 33.1 Å². The van der Waals surface area contributed by atoms with Crippen LogP contribution in [0.1, 0.15) is 10.4 Å². The number of aryl methyl sites for hydroxylation is 1. The van der Waals surface area contributed by atoms with Crippen LogP contribution in [0.3, 0.4) is 0 Å². The number of aromatic nitrogens is 5. The van der Waals surface area contributed by atoms with E-state index in [1.807, 2.05) is 0 Å². The van der Waals surface area contributed by atoms with Crippen LogP contribution in [0, 0.1) is 10.1 Å². The smallest absolute Gasteiger partial charge is 0.288 e. The van der Waals surface area contributed by atoms with Crippen molar-refractivity contribution in [2.24, 2.45) is 7.05 Å². The van der Waals surface area contributed by atoms with Crippen LogP contribution in [0.15, 0.2) is 12.3 Å². The number of nitrogens with zero attached hydrogens (tertiary/aromatic N) is 6. The second-order valence-corrected chi connectivity index (χ2v) is 3.70. The van der Waals surface area contributed by atoms with E-state index in [9.17, 15) is 14.9 Å². The van der Waals surface area contributed by atoms with Gasteiger partial charge in [-0.2, -0.15) is 4.80 Å². The fourth-order valence-corrected chi connectivity index (χ4v) is 1.39. The van der Waals surface area contributed by atoms with Crippen molar-refractivity contribution in [1.82, 2.24) is 25.2 Å². The molecule has 0 saturated carbocycles. The summed E-state index contributed by atoms with van der Waals surface area (Å²) in [6, 6.07) is 1.01. The van der Waals surface area contributed by atoms with E-state index in [0.29, 0.717) is 0 Å². The van der Waals surface area contributed by atoms with Gasteiger partial charge < -0.3 is 0 Å². The van der Waals surface area contributed by atoms with Crippen molar-refractivity contribution in [3.63, 3.8) is 0 Å². The average Bonchev–Trinajstić information content (AvgIpc) is 2.74. The van der Waals surface area contributed by atoms with Crippen LogP contribution in [-0.2, 0) is 7.05 Å². The molecule has 1 amide bonds. The molecule has 0 aliphatic carbocycles. The first-order valence-electron chi connectivity index (χ1n) is 4.82. The molecule has 1 N–H and O–H groups in total. The van der Waals surface area contributed by atoms with Crippen molar-refractivity contribution in [1.29, 1.82) is 0 Å². The van der Waals surface area contributed by atoms with Gasteiger partial charge in [0.2, 0.25) is 0 Å².